The molecule has 1 aliphatic heterocycles. The van der Waals surface area contributed by atoms with Crippen molar-refractivity contribution in [3.63, 3.8) is 0 Å². The van der Waals surface area contributed by atoms with Gasteiger partial charge in [-0.25, -0.2) is 0 Å². The van der Waals surface area contributed by atoms with Crippen LogP contribution in [0, 0.1) is 10.1 Å². The number of carbonyl (C=O) groups is 1. The van der Waals surface area contributed by atoms with Crippen LogP contribution in [0.15, 0.2) is 36.4 Å². The van der Waals surface area contributed by atoms with Crippen molar-refractivity contribution >= 4 is 17.7 Å². The Balaban J connectivity index is 2.04. The summed E-state index contributed by atoms with van der Waals surface area (Å²) in [6, 6.07) is 10.1. The molecule has 136 valence electrons. The van der Waals surface area contributed by atoms with Gasteiger partial charge >= 0.3 is 0 Å². The molecule has 3 rings (SSSR count). The second kappa shape index (κ2) is 7.43. The van der Waals surface area contributed by atoms with Gasteiger partial charge in [0.15, 0.2) is 0 Å². The molecule has 0 saturated carbocycles. The van der Waals surface area contributed by atoms with E-state index in [1.807, 2.05) is 23.1 Å². The van der Waals surface area contributed by atoms with Crippen LogP contribution in [0.4, 0.5) is 11.4 Å². The van der Waals surface area contributed by atoms with Crippen LogP contribution in [-0.4, -0.2) is 32.0 Å². The van der Waals surface area contributed by atoms with Crippen molar-refractivity contribution in [1.29, 1.82) is 0 Å². The molecule has 1 saturated heterocycles. The summed E-state index contributed by atoms with van der Waals surface area (Å²) in [6.07, 6.45) is 2.38. The summed E-state index contributed by atoms with van der Waals surface area (Å²) in [6.45, 7) is 0.696. The minimum absolute atomic E-state index is 0.0448. The Labute approximate surface area is 151 Å². The van der Waals surface area contributed by atoms with Gasteiger partial charge in [0, 0.05) is 29.8 Å². The van der Waals surface area contributed by atoms with E-state index < -0.39 is 4.92 Å². The van der Waals surface area contributed by atoms with Crippen molar-refractivity contribution in [2.75, 3.05) is 25.7 Å². The zero-order valence-electron chi connectivity index (χ0n) is 14.7. The second-order valence-corrected chi connectivity index (χ2v) is 6.08. The lowest BCUT2D eigenvalue weighted by Gasteiger charge is -2.28. The van der Waals surface area contributed by atoms with Crippen molar-refractivity contribution in [3.8, 4) is 11.5 Å². The Morgan fingerprint density at radius 2 is 2.00 bits per heavy atom. The van der Waals surface area contributed by atoms with Crippen LogP contribution in [0.25, 0.3) is 0 Å². The van der Waals surface area contributed by atoms with Gasteiger partial charge < -0.3 is 14.4 Å². The molecule has 0 unspecified atom stereocenters. The molecule has 0 aromatic heterocycles. The Bertz CT molecular complexity index is 837. The number of carbonyl (C=O) groups excluding carboxylic acids is 1. The number of methoxy groups -OCH3 is 2. The van der Waals surface area contributed by atoms with Crippen molar-refractivity contribution < 1.29 is 19.2 Å². The van der Waals surface area contributed by atoms with Crippen LogP contribution in [0.3, 0.4) is 0 Å². The van der Waals surface area contributed by atoms with Crippen LogP contribution in [0.1, 0.15) is 34.8 Å². The molecule has 0 amide bonds. The first-order chi connectivity index (χ1) is 12.6. The predicted molar refractivity (Wildman–Crippen MR) is 97.4 cm³/mol. The summed E-state index contributed by atoms with van der Waals surface area (Å²) >= 11 is 0. The van der Waals surface area contributed by atoms with Crippen molar-refractivity contribution in [1.82, 2.24) is 0 Å². The Hall–Kier alpha value is -3.09. The Morgan fingerprint density at radius 1 is 1.19 bits per heavy atom. The molecule has 1 atom stereocenters. The number of ether oxygens (including phenoxy) is 2. The zero-order chi connectivity index (χ0) is 18.7. The van der Waals surface area contributed by atoms with E-state index >= 15 is 0 Å². The number of hydrogen-bond acceptors (Lipinski definition) is 6. The zero-order valence-corrected chi connectivity index (χ0v) is 14.7. The molecular weight excluding hydrogens is 336 g/mol. The highest BCUT2D eigenvalue weighted by Crippen LogP contribution is 2.43. The summed E-state index contributed by atoms with van der Waals surface area (Å²) in [5.41, 5.74) is 1.70. The van der Waals surface area contributed by atoms with E-state index in [0.717, 1.165) is 18.4 Å². The van der Waals surface area contributed by atoms with Gasteiger partial charge in [0.25, 0.3) is 5.69 Å². The monoisotopic (exact) mass is 356 g/mol. The molecule has 0 aliphatic carbocycles. The number of anilines is 1. The van der Waals surface area contributed by atoms with Gasteiger partial charge in [-0.3, -0.25) is 14.9 Å². The molecule has 26 heavy (non-hydrogen) atoms. The molecule has 2 aromatic rings. The maximum Gasteiger partial charge on any atom is 0.293 e. The summed E-state index contributed by atoms with van der Waals surface area (Å²) in [5.74, 6) is 1.38. The third-order valence-electron chi connectivity index (χ3n) is 4.69. The maximum atomic E-state index is 11.5. The quantitative estimate of drug-likeness (QED) is 0.445. The average molecular weight is 356 g/mol. The van der Waals surface area contributed by atoms with Crippen LogP contribution in [0.5, 0.6) is 11.5 Å². The van der Waals surface area contributed by atoms with Gasteiger partial charge in [0.2, 0.25) is 0 Å². The highest BCUT2D eigenvalue weighted by atomic mass is 16.6. The normalized spacial score (nSPS) is 16.4. The Kier molecular flexibility index (Phi) is 5.06. The van der Waals surface area contributed by atoms with Gasteiger partial charge in [-0.05, 0) is 37.1 Å². The molecule has 1 heterocycles. The van der Waals surface area contributed by atoms with Crippen LogP contribution < -0.4 is 14.4 Å². The number of benzene rings is 2. The molecule has 0 bridgehead atoms. The smallest absolute Gasteiger partial charge is 0.293 e. The summed E-state index contributed by atoms with van der Waals surface area (Å²) in [4.78, 5) is 24.1. The molecular formula is C19H20N2O5. The minimum atomic E-state index is -0.442. The second-order valence-electron chi connectivity index (χ2n) is 6.08. The minimum Gasteiger partial charge on any atom is -0.497 e. The number of hydrogen-bond donors (Lipinski definition) is 0. The highest BCUT2D eigenvalue weighted by molar-refractivity contribution is 5.80. The third kappa shape index (κ3) is 3.20. The number of nitro benzene ring substituents is 1. The molecule has 0 N–H and O–H groups in total. The Morgan fingerprint density at radius 3 is 2.65 bits per heavy atom. The lowest BCUT2D eigenvalue weighted by atomic mass is 10.0. The fraction of sp³-hybridized carbons (Fsp3) is 0.316. The van der Waals surface area contributed by atoms with Crippen LogP contribution in [-0.2, 0) is 0 Å². The number of aldehydes is 1. The van der Waals surface area contributed by atoms with Gasteiger partial charge in [-0.1, -0.05) is 0 Å². The average Bonchev–Trinajstić information content (AvgIpc) is 3.16. The number of rotatable bonds is 6. The topological polar surface area (TPSA) is 81.9 Å². The standard InChI is InChI=1S/C19H20N2O5/c1-25-14-6-7-15(19(11-14)26-2)16-4-3-9-20(16)17-8-5-13(12-22)10-18(17)21(23)24/h5-8,10-12,16H,3-4,9H2,1-2H3/t16-/m1/s1. The molecule has 1 fully saturated rings. The summed E-state index contributed by atoms with van der Waals surface area (Å²) < 4.78 is 10.8. The van der Waals surface area contributed by atoms with E-state index in [0.29, 0.717) is 35.6 Å². The summed E-state index contributed by atoms with van der Waals surface area (Å²) in [7, 11) is 3.19. The molecule has 7 heteroatoms. The van der Waals surface area contributed by atoms with Crippen LogP contribution in [0.2, 0.25) is 0 Å². The molecule has 7 nitrogen and oxygen atoms in total. The van der Waals surface area contributed by atoms with Gasteiger partial charge in [-0.15, -0.1) is 0 Å². The maximum absolute atomic E-state index is 11.5. The molecule has 0 radical (unpaired) electrons. The highest BCUT2D eigenvalue weighted by Gasteiger charge is 2.32. The van der Waals surface area contributed by atoms with E-state index in [2.05, 4.69) is 0 Å². The van der Waals surface area contributed by atoms with E-state index in [4.69, 9.17) is 9.47 Å². The van der Waals surface area contributed by atoms with Crippen molar-refractivity contribution in [3.05, 3.63) is 57.6 Å². The van der Waals surface area contributed by atoms with Gasteiger partial charge in [0.05, 0.1) is 25.2 Å². The third-order valence-corrected chi connectivity index (χ3v) is 4.69. The number of nitro groups is 1. The fourth-order valence-electron chi connectivity index (χ4n) is 3.47. The largest absolute Gasteiger partial charge is 0.497 e. The number of nitrogens with zero attached hydrogens (tertiary/aromatic N) is 2. The van der Waals surface area contributed by atoms with Gasteiger partial charge in [0.1, 0.15) is 23.5 Å². The van der Waals surface area contributed by atoms with Crippen LogP contribution >= 0.6 is 0 Å². The van der Waals surface area contributed by atoms with E-state index in [-0.39, 0.29) is 11.7 Å². The first kappa shape index (κ1) is 17.7. The lowest BCUT2D eigenvalue weighted by Crippen LogP contribution is -2.24. The van der Waals surface area contributed by atoms with E-state index in [9.17, 15) is 14.9 Å². The van der Waals surface area contributed by atoms with E-state index in [1.165, 1.54) is 6.07 Å². The summed E-state index contributed by atoms with van der Waals surface area (Å²) in [5, 5.41) is 11.5. The molecule has 0 spiro atoms. The predicted octanol–water partition coefficient (Wildman–Crippen LogP) is 3.77. The lowest BCUT2D eigenvalue weighted by molar-refractivity contribution is -0.384. The van der Waals surface area contributed by atoms with Crippen molar-refractivity contribution in [2.24, 2.45) is 0 Å². The molecule has 1 aliphatic rings. The van der Waals surface area contributed by atoms with Gasteiger partial charge in [-0.2, -0.15) is 0 Å². The first-order valence-corrected chi connectivity index (χ1v) is 8.31. The van der Waals surface area contributed by atoms with Crippen molar-refractivity contribution in [2.45, 2.75) is 18.9 Å². The SMILES string of the molecule is COc1ccc([C@H]2CCCN2c2ccc(C=O)cc2[N+](=O)[O-])c(OC)c1. The molecule has 2 aromatic carbocycles. The fourth-order valence-corrected chi connectivity index (χ4v) is 3.47. The van der Waals surface area contributed by atoms with E-state index in [1.54, 1.807) is 26.4 Å². The first-order valence-electron chi connectivity index (χ1n) is 8.31.